The molecule has 0 unspecified atom stereocenters. The molecule has 0 heterocycles. The van der Waals surface area contributed by atoms with Gasteiger partial charge in [0.05, 0.1) is 6.61 Å². The second kappa shape index (κ2) is 3.01. The van der Waals surface area contributed by atoms with Crippen molar-refractivity contribution in [2.24, 2.45) is 5.41 Å². The van der Waals surface area contributed by atoms with Gasteiger partial charge in [0.1, 0.15) is 0 Å². The van der Waals surface area contributed by atoms with Gasteiger partial charge < -0.3 is 9.79 Å². The molecule has 0 atom stereocenters. The standard InChI is InChI=1S/C5H12O4P/c1-5(2,3)4-9-10(6,7)8/h1,4H2,2-3H3,(H2,6,7,8). The molecule has 0 bridgehead atoms. The van der Waals surface area contributed by atoms with E-state index in [1.807, 2.05) is 0 Å². The molecule has 4 nitrogen and oxygen atoms in total. The zero-order valence-electron chi connectivity index (χ0n) is 6.07. The zero-order chi connectivity index (χ0) is 8.41. The lowest BCUT2D eigenvalue weighted by Gasteiger charge is -2.17. The van der Waals surface area contributed by atoms with Gasteiger partial charge in [-0.3, -0.25) is 4.52 Å². The van der Waals surface area contributed by atoms with Crippen LogP contribution in [0.5, 0.6) is 0 Å². The molecule has 0 saturated heterocycles. The third kappa shape index (κ3) is 8.11. The third-order valence-corrected chi connectivity index (χ3v) is 1.09. The lowest BCUT2D eigenvalue weighted by atomic mass is 9.99. The fourth-order valence-electron chi connectivity index (χ4n) is 0.259. The predicted molar refractivity (Wildman–Crippen MR) is 37.1 cm³/mol. The molecule has 0 spiro atoms. The minimum absolute atomic E-state index is 0.0444. The van der Waals surface area contributed by atoms with Gasteiger partial charge in [-0.25, -0.2) is 4.57 Å². The number of phosphoric ester groups is 1. The molecule has 10 heavy (non-hydrogen) atoms. The average Bonchev–Trinajstić information content (AvgIpc) is 1.57. The summed E-state index contributed by atoms with van der Waals surface area (Å²) in [6, 6.07) is 0. The summed E-state index contributed by atoms with van der Waals surface area (Å²) in [5.41, 5.74) is -0.457. The summed E-state index contributed by atoms with van der Waals surface area (Å²) in [6.07, 6.45) is 0. The van der Waals surface area contributed by atoms with E-state index in [9.17, 15) is 4.57 Å². The summed E-state index contributed by atoms with van der Waals surface area (Å²) in [7, 11) is -4.30. The largest absolute Gasteiger partial charge is 0.469 e. The maximum Gasteiger partial charge on any atom is 0.469 e. The smallest absolute Gasteiger partial charge is 0.303 e. The molecular formula is C5H12O4P. The Morgan fingerprint density at radius 1 is 1.60 bits per heavy atom. The van der Waals surface area contributed by atoms with Crippen molar-refractivity contribution < 1.29 is 18.9 Å². The van der Waals surface area contributed by atoms with E-state index in [1.165, 1.54) is 0 Å². The van der Waals surface area contributed by atoms with Crippen molar-refractivity contribution in [3.63, 3.8) is 0 Å². The molecule has 0 aromatic rings. The van der Waals surface area contributed by atoms with Gasteiger partial charge in [0, 0.05) is 0 Å². The molecule has 0 aliphatic rings. The summed E-state index contributed by atoms with van der Waals surface area (Å²) >= 11 is 0. The second-order valence-electron chi connectivity index (χ2n) is 2.93. The van der Waals surface area contributed by atoms with E-state index in [0.717, 1.165) is 0 Å². The highest BCUT2D eigenvalue weighted by Crippen LogP contribution is 2.37. The highest BCUT2D eigenvalue weighted by Gasteiger charge is 2.19. The van der Waals surface area contributed by atoms with Crippen molar-refractivity contribution in [2.45, 2.75) is 13.8 Å². The number of hydrogen-bond donors (Lipinski definition) is 2. The van der Waals surface area contributed by atoms with Crippen LogP contribution in [-0.2, 0) is 9.09 Å². The van der Waals surface area contributed by atoms with E-state index in [2.05, 4.69) is 11.4 Å². The van der Waals surface area contributed by atoms with E-state index >= 15 is 0 Å². The summed E-state index contributed by atoms with van der Waals surface area (Å²) in [5.74, 6) is 0. The highest BCUT2D eigenvalue weighted by molar-refractivity contribution is 7.46. The van der Waals surface area contributed by atoms with E-state index in [1.54, 1.807) is 13.8 Å². The minimum atomic E-state index is -4.30. The molecule has 0 fully saturated rings. The van der Waals surface area contributed by atoms with Gasteiger partial charge in [0.15, 0.2) is 0 Å². The number of phosphoric acid groups is 1. The molecule has 0 aliphatic carbocycles. The van der Waals surface area contributed by atoms with Gasteiger partial charge in [-0.15, -0.1) is 0 Å². The summed E-state index contributed by atoms with van der Waals surface area (Å²) in [4.78, 5) is 16.5. The molecule has 5 heteroatoms. The number of rotatable bonds is 3. The Hall–Kier alpha value is 0.110. The third-order valence-electron chi connectivity index (χ3n) is 0.623. The zero-order valence-corrected chi connectivity index (χ0v) is 6.97. The van der Waals surface area contributed by atoms with E-state index in [-0.39, 0.29) is 6.61 Å². The maximum absolute atomic E-state index is 10.1. The Kier molecular flexibility index (Phi) is 3.04. The van der Waals surface area contributed by atoms with Crippen molar-refractivity contribution in [2.75, 3.05) is 6.61 Å². The predicted octanol–water partition coefficient (Wildman–Crippen LogP) is 0.956. The molecule has 1 radical (unpaired) electrons. The topological polar surface area (TPSA) is 66.8 Å². The monoisotopic (exact) mass is 167 g/mol. The van der Waals surface area contributed by atoms with Crippen LogP contribution in [0.2, 0.25) is 0 Å². The van der Waals surface area contributed by atoms with Gasteiger partial charge in [-0.05, 0) is 12.3 Å². The van der Waals surface area contributed by atoms with Crippen molar-refractivity contribution in [3.05, 3.63) is 6.92 Å². The Morgan fingerprint density at radius 2 is 2.00 bits per heavy atom. The lowest BCUT2D eigenvalue weighted by molar-refractivity contribution is 0.151. The van der Waals surface area contributed by atoms with E-state index in [0.29, 0.717) is 0 Å². The van der Waals surface area contributed by atoms with Gasteiger partial charge in [0.2, 0.25) is 0 Å². The van der Waals surface area contributed by atoms with Gasteiger partial charge >= 0.3 is 7.82 Å². The molecule has 0 aromatic carbocycles. The molecule has 0 aromatic heterocycles. The Balaban J connectivity index is 3.67. The van der Waals surface area contributed by atoms with E-state index in [4.69, 9.17) is 9.79 Å². The first-order valence-electron chi connectivity index (χ1n) is 2.76. The van der Waals surface area contributed by atoms with Gasteiger partial charge in [-0.1, -0.05) is 13.8 Å². The first-order valence-corrected chi connectivity index (χ1v) is 4.29. The van der Waals surface area contributed by atoms with Crippen LogP contribution < -0.4 is 0 Å². The molecule has 2 N–H and O–H groups in total. The number of hydrogen-bond acceptors (Lipinski definition) is 2. The van der Waals surface area contributed by atoms with Crippen LogP contribution in [0, 0.1) is 12.3 Å². The fraction of sp³-hybridized carbons (Fsp3) is 0.800. The molecule has 61 valence electrons. The maximum atomic E-state index is 10.1. The van der Waals surface area contributed by atoms with Crippen LogP contribution in [0.25, 0.3) is 0 Å². The quantitative estimate of drug-likeness (QED) is 0.614. The fourth-order valence-corrected chi connectivity index (χ4v) is 0.776. The van der Waals surface area contributed by atoms with Crippen LogP contribution in [0.4, 0.5) is 0 Å². The van der Waals surface area contributed by atoms with Gasteiger partial charge in [-0.2, -0.15) is 0 Å². The molecule has 0 aliphatic heterocycles. The second-order valence-corrected chi connectivity index (χ2v) is 4.17. The average molecular weight is 167 g/mol. The Bertz CT molecular complexity index is 142. The molecular weight excluding hydrogens is 155 g/mol. The first-order chi connectivity index (χ1) is 4.21. The van der Waals surface area contributed by atoms with Crippen molar-refractivity contribution in [1.29, 1.82) is 0 Å². The molecule has 0 amide bonds. The van der Waals surface area contributed by atoms with Crippen molar-refractivity contribution >= 4 is 7.82 Å². The minimum Gasteiger partial charge on any atom is -0.303 e. The lowest BCUT2D eigenvalue weighted by Crippen LogP contribution is -2.13. The van der Waals surface area contributed by atoms with Crippen LogP contribution in [0.3, 0.4) is 0 Å². The summed E-state index contributed by atoms with van der Waals surface area (Å²) in [6.45, 7) is 7.01. The van der Waals surface area contributed by atoms with E-state index < -0.39 is 13.2 Å². The SMILES string of the molecule is [CH2]C(C)(C)COP(=O)(O)O. The van der Waals surface area contributed by atoms with Crippen LogP contribution in [-0.4, -0.2) is 16.4 Å². The normalized spacial score (nSPS) is 13.7. The highest BCUT2D eigenvalue weighted by atomic mass is 31.2. The Morgan fingerprint density at radius 3 is 2.10 bits per heavy atom. The Labute approximate surface area is 60.5 Å². The van der Waals surface area contributed by atoms with Gasteiger partial charge in [0.25, 0.3) is 0 Å². The summed E-state index contributed by atoms with van der Waals surface area (Å²) in [5, 5.41) is 0. The van der Waals surface area contributed by atoms with Crippen LogP contribution in [0.15, 0.2) is 0 Å². The summed E-state index contributed by atoms with van der Waals surface area (Å²) < 4.78 is 14.3. The van der Waals surface area contributed by atoms with Crippen LogP contribution >= 0.6 is 7.82 Å². The first kappa shape index (κ1) is 10.1. The van der Waals surface area contributed by atoms with Crippen molar-refractivity contribution in [1.82, 2.24) is 0 Å². The molecule has 0 rings (SSSR count). The van der Waals surface area contributed by atoms with Crippen LogP contribution in [0.1, 0.15) is 13.8 Å². The van der Waals surface area contributed by atoms with Crippen molar-refractivity contribution in [3.8, 4) is 0 Å². The molecule has 0 saturated carbocycles.